The van der Waals surface area contributed by atoms with E-state index in [9.17, 15) is 29.4 Å². The highest BCUT2D eigenvalue weighted by Gasteiger charge is 2.31. The normalized spacial score (nSPS) is 13.7. The number of nitrogens with two attached hydrogens (primary N) is 2. The summed E-state index contributed by atoms with van der Waals surface area (Å²) in [5.74, 6) is -3.05. The third-order valence-corrected chi connectivity index (χ3v) is 7.94. The van der Waals surface area contributed by atoms with E-state index in [1.807, 2.05) is 54.6 Å². The molecule has 248 valence electrons. The summed E-state index contributed by atoms with van der Waals surface area (Å²) < 4.78 is 0. The Morgan fingerprint density at radius 1 is 0.702 bits per heavy atom. The fraction of sp³-hybridized carbons (Fsp3) is 0.314. The second-order valence-corrected chi connectivity index (χ2v) is 11.5. The molecule has 0 saturated heterocycles. The second-order valence-electron chi connectivity index (χ2n) is 11.5. The Balaban J connectivity index is 1.53. The van der Waals surface area contributed by atoms with Crippen molar-refractivity contribution >= 4 is 34.6 Å². The molecule has 4 rings (SSSR count). The van der Waals surface area contributed by atoms with E-state index in [4.69, 9.17) is 11.5 Å². The van der Waals surface area contributed by atoms with Crippen LogP contribution in [0.3, 0.4) is 0 Å². The number of nitrogens with one attached hydrogen (secondary N) is 4. The number of phenolic OH excluding ortho intramolecular Hbond substituents is 1. The zero-order valence-electron chi connectivity index (χ0n) is 26.0. The summed E-state index contributed by atoms with van der Waals surface area (Å²) in [6.45, 7) is 0.374. The van der Waals surface area contributed by atoms with Crippen molar-refractivity contribution in [3.8, 4) is 5.75 Å². The average molecular weight is 643 g/mol. The van der Waals surface area contributed by atoms with Gasteiger partial charge in [-0.25, -0.2) is 4.79 Å². The molecule has 0 aliphatic rings. The van der Waals surface area contributed by atoms with Crippen molar-refractivity contribution in [1.29, 1.82) is 0 Å². The monoisotopic (exact) mass is 642 g/mol. The van der Waals surface area contributed by atoms with E-state index in [1.165, 1.54) is 12.1 Å². The highest BCUT2D eigenvalue weighted by atomic mass is 16.4. The Bertz CT molecular complexity index is 1640. The van der Waals surface area contributed by atoms with E-state index < -0.39 is 47.9 Å². The van der Waals surface area contributed by atoms with Gasteiger partial charge in [0.15, 0.2) is 0 Å². The van der Waals surface area contributed by atoms with Crippen LogP contribution in [0.1, 0.15) is 36.0 Å². The van der Waals surface area contributed by atoms with Crippen LogP contribution in [0.25, 0.3) is 10.9 Å². The van der Waals surface area contributed by atoms with Crippen LogP contribution in [0.15, 0.2) is 85.1 Å². The number of carbonyl (C=O) groups is 4. The van der Waals surface area contributed by atoms with E-state index in [0.717, 1.165) is 22.0 Å². The van der Waals surface area contributed by atoms with Gasteiger partial charge in [0.25, 0.3) is 0 Å². The molecule has 47 heavy (non-hydrogen) atoms. The maximum absolute atomic E-state index is 13.9. The van der Waals surface area contributed by atoms with E-state index in [1.54, 1.807) is 18.3 Å². The number of aliphatic carboxylic acids is 1. The first-order valence-electron chi connectivity index (χ1n) is 15.6. The Kier molecular flexibility index (Phi) is 12.5. The lowest BCUT2D eigenvalue weighted by atomic mass is 10.0. The molecule has 0 fully saturated rings. The first kappa shape index (κ1) is 34.7. The smallest absolute Gasteiger partial charge is 0.326 e. The number of H-pyrrole nitrogens is 1. The number of amides is 3. The number of benzene rings is 3. The molecule has 4 aromatic rings. The Morgan fingerprint density at radius 3 is 2.02 bits per heavy atom. The number of unbranched alkanes of at least 4 members (excludes halogenated alkanes) is 1. The standard InChI is InChI=1S/C35H42N6O6/c36-17-7-6-12-29(33(44)41-31(35(46)47)19-23-13-15-25(42)16-14-23)39-34(45)30(20-24-21-38-28-11-5-4-10-26(24)28)40-32(43)27(37)18-22-8-2-1-3-9-22/h1-5,8-11,13-16,21,27,29-31,38,42H,6-7,12,17-20,36-37H2,(H,39,45)(H,40,43)(H,41,44)(H,46,47). The van der Waals surface area contributed by atoms with E-state index >= 15 is 0 Å². The van der Waals surface area contributed by atoms with Gasteiger partial charge in [-0.1, -0.05) is 60.7 Å². The Morgan fingerprint density at radius 2 is 1.32 bits per heavy atom. The largest absolute Gasteiger partial charge is 0.508 e. The van der Waals surface area contributed by atoms with Crippen molar-refractivity contribution < 1.29 is 29.4 Å². The maximum Gasteiger partial charge on any atom is 0.326 e. The fourth-order valence-electron chi connectivity index (χ4n) is 5.34. The van der Waals surface area contributed by atoms with Crippen LogP contribution in [0, 0.1) is 0 Å². The zero-order valence-corrected chi connectivity index (χ0v) is 26.0. The number of carboxylic acids is 1. The Hall–Kier alpha value is -5.20. The van der Waals surface area contributed by atoms with Crippen LogP contribution >= 0.6 is 0 Å². The van der Waals surface area contributed by atoms with Crippen molar-refractivity contribution in [2.45, 2.75) is 62.7 Å². The van der Waals surface area contributed by atoms with Gasteiger partial charge in [-0.3, -0.25) is 14.4 Å². The number of fused-ring (bicyclic) bond motifs is 1. The van der Waals surface area contributed by atoms with Gasteiger partial charge in [-0.05, 0) is 67.1 Å². The van der Waals surface area contributed by atoms with E-state index in [0.29, 0.717) is 24.9 Å². The molecule has 0 aliphatic carbocycles. The minimum absolute atomic E-state index is 0.0302. The molecule has 0 aliphatic heterocycles. The molecule has 0 saturated carbocycles. The summed E-state index contributed by atoms with van der Waals surface area (Å²) >= 11 is 0. The molecule has 12 heteroatoms. The van der Waals surface area contributed by atoms with Gasteiger partial charge in [-0.15, -0.1) is 0 Å². The van der Waals surface area contributed by atoms with Gasteiger partial charge in [0.2, 0.25) is 17.7 Å². The first-order chi connectivity index (χ1) is 22.6. The fourth-order valence-corrected chi connectivity index (χ4v) is 5.34. The number of carboxylic acid groups (broad SMARTS) is 1. The van der Waals surface area contributed by atoms with E-state index in [-0.39, 0.29) is 31.4 Å². The molecular weight excluding hydrogens is 600 g/mol. The summed E-state index contributed by atoms with van der Waals surface area (Å²) in [7, 11) is 0. The quantitative estimate of drug-likeness (QED) is 0.0795. The second kappa shape index (κ2) is 16.9. The first-order valence-corrected chi connectivity index (χ1v) is 15.6. The highest BCUT2D eigenvalue weighted by molar-refractivity contribution is 5.95. The van der Waals surface area contributed by atoms with Crippen molar-refractivity contribution in [2.24, 2.45) is 11.5 Å². The van der Waals surface area contributed by atoms with E-state index in [2.05, 4.69) is 20.9 Å². The van der Waals surface area contributed by atoms with Crippen molar-refractivity contribution in [1.82, 2.24) is 20.9 Å². The summed E-state index contributed by atoms with van der Waals surface area (Å²) in [6.07, 6.45) is 3.37. The van der Waals surface area contributed by atoms with Crippen molar-refractivity contribution in [3.63, 3.8) is 0 Å². The number of carbonyl (C=O) groups excluding carboxylic acids is 3. The number of hydrogen-bond donors (Lipinski definition) is 8. The summed E-state index contributed by atoms with van der Waals surface area (Å²) in [4.78, 5) is 56.0. The van der Waals surface area contributed by atoms with Crippen LogP contribution in [0.5, 0.6) is 5.75 Å². The number of phenols is 1. The third-order valence-electron chi connectivity index (χ3n) is 7.94. The molecule has 1 heterocycles. The molecule has 4 unspecified atom stereocenters. The van der Waals surface area contributed by atoms with Crippen LogP contribution in [-0.2, 0) is 38.4 Å². The number of aromatic nitrogens is 1. The summed E-state index contributed by atoms with van der Waals surface area (Å²) in [5, 5.41) is 28.4. The highest BCUT2D eigenvalue weighted by Crippen LogP contribution is 2.20. The lowest BCUT2D eigenvalue weighted by Crippen LogP contribution is -2.58. The average Bonchev–Trinajstić information content (AvgIpc) is 3.47. The summed E-state index contributed by atoms with van der Waals surface area (Å²) in [5.41, 5.74) is 15.0. The molecule has 0 spiro atoms. The number of aromatic amines is 1. The van der Waals surface area contributed by atoms with Gasteiger partial charge >= 0.3 is 5.97 Å². The van der Waals surface area contributed by atoms with Gasteiger partial charge in [0.1, 0.15) is 23.9 Å². The SMILES string of the molecule is NCCCCC(NC(=O)C(Cc1c[nH]c2ccccc12)NC(=O)C(N)Cc1ccccc1)C(=O)NC(Cc1ccc(O)cc1)C(=O)O. The van der Waals surface area contributed by atoms with Crippen LogP contribution in [-0.4, -0.2) is 69.6 Å². The van der Waals surface area contributed by atoms with Crippen molar-refractivity contribution in [2.75, 3.05) is 6.54 Å². The molecule has 0 bridgehead atoms. The van der Waals surface area contributed by atoms with Gasteiger partial charge in [0.05, 0.1) is 6.04 Å². The van der Waals surface area contributed by atoms with Crippen molar-refractivity contribution in [3.05, 3.63) is 102 Å². The number of hydrogen-bond acceptors (Lipinski definition) is 7. The van der Waals surface area contributed by atoms with Crippen LogP contribution < -0.4 is 27.4 Å². The third kappa shape index (κ3) is 10.1. The number of rotatable bonds is 17. The molecular formula is C35H42N6O6. The zero-order chi connectivity index (χ0) is 33.8. The molecule has 1 aromatic heterocycles. The molecule has 12 nitrogen and oxygen atoms in total. The Labute approximate surface area is 272 Å². The number of aromatic hydroxyl groups is 1. The predicted octanol–water partition coefficient (Wildman–Crippen LogP) is 1.90. The minimum atomic E-state index is -1.29. The molecule has 3 amide bonds. The van der Waals surface area contributed by atoms with Crippen LogP contribution in [0.2, 0.25) is 0 Å². The molecule has 10 N–H and O–H groups in total. The molecule has 4 atom stereocenters. The maximum atomic E-state index is 13.9. The van der Waals surface area contributed by atoms with Crippen LogP contribution in [0.4, 0.5) is 0 Å². The molecule has 3 aromatic carbocycles. The topological polar surface area (TPSA) is 213 Å². The van der Waals surface area contributed by atoms with Gasteiger partial charge < -0.3 is 42.6 Å². The van der Waals surface area contributed by atoms with Gasteiger partial charge in [0, 0.05) is 29.9 Å². The minimum Gasteiger partial charge on any atom is -0.508 e. The molecule has 0 radical (unpaired) electrons. The number of para-hydroxylation sites is 1. The predicted molar refractivity (Wildman–Crippen MR) is 178 cm³/mol. The van der Waals surface area contributed by atoms with Gasteiger partial charge in [-0.2, -0.15) is 0 Å². The summed E-state index contributed by atoms with van der Waals surface area (Å²) in [6, 6.07) is 18.4. The lowest BCUT2D eigenvalue weighted by Gasteiger charge is -2.25. The lowest BCUT2D eigenvalue weighted by molar-refractivity contribution is -0.142.